The predicted molar refractivity (Wildman–Crippen MR) is 44.5 cm³/mol. The fourth-order valence-corrected chi connectivity index (χ4v) is 0.797. The summed E-state index contributed by atoms with van der Waals surface area (Å²) in [6, 6.07) is 1.29. The first-order valence-electron chi connectivity index (χ1n) is 3.65. The summed E-state index contributed by atoms with van der Waals surface area (Å²) in [5.41, 5.74) is 4.85. The van der Waals surface area contributed by atoms with Gasteiger partial charge in [0.15, 0.2) is 5.82 Å². The van der Waals surface area contributed by atoms with Gasteiger partial charge in [0.25, 0.3) is 0 Å². The van der Waals surface area contributed by atoms with E-state index in [9.17, 15) is 4.79 Å². The Morgan fingerprint density at radius 3 is 2.92 bits per heavy atom. The summed E-state index contributed by atoms with van der Waals surface area (Å²) in [7, 11) is 0. The Morgan fingerprint density at radius 1 is 1.67 bits per heavy atom. The quantitative estimate of drug-likeness (QED) is 0.399. The Morgan fingerprint density at radius 2 is 2.42 bits per heavy atom. The molecule has 1 aromatic rings. The van der Waals surface area contributed by atoms with E-state index in [2.05, 4.69) is 9.68 Å². The summed E-state index contributed by atoms with van der Waals surface area (Å²) in [5, 5.41) is 3.77. The third-order valence-electron chi connectivity index (χ3n) is 1.42. The standard InChI is InChI=1S/C6H12N4O2/c7-2-1-3-10(8)5-4-6(11)12-9-5/h4,9H,1-3,7-8H2. The average molecular weight is 172 g/mol. The average Bonchev–Trinajstić information content (AvgIpc) is 2.47. The smallest absolute Gasteiger partial charge is 0.337 e. The Hall–Kier alpha value is -1.27. The lowest BCUT2D eigenvalue weighted by Crippen LogP contribution is -2.33. The van der Waals surface area contributed by atoms with Gasteiger partial charge in [-0.15, -0.1) is 0 Å². The zero-order valence-electron chi connectivity index (χ0n) is 6.62. The number of rotatable bonds is 4. The molecule has 0 atom stereocenters. The van der Waals surface area contributed by atoms with Crippen LogP contribution in [0.3, 0.4) is 0 Å². The molecule has 0 aliphatic carbocycles. The number of H-pyrrole nitrogens is 1. The minimum absolute atomic E-state index is 0.437. The van der Waals surface area contributed by atoms with E-state index < -0.39 is 5.63 Å². The number of nitrogens with two attached hydrogens (primary N) is 2. The van der Waals surface area contributed by atoms with Gasteiger partial charge in [-0.3, -0.25) is 5.01 Å². The van der Waals surface area contributed by atoms with Crippen molar-refractivity contribution in [3.8, 4) is 0 Å². The molecule has 0 aliphatic heterocycles. The van der Waals surface area contributed by atoms with Crippen molar-refractivity contribution in [2.75, 3.05) is 18.1 Å². The molecule has 6 nitrogen and oxygen atoms in total. The van der Waals surface area contributed by atoms with Crippen LogP contribution in [0.4, 0.5) is 5.82 Å². The van der Waals surface area contributed by atoms with Gasteiger partial charge in [-0.05, 0) is 13.0 Å². The van der Waals surface area contributed by atoms with Gasteiger partial charge in [-0.1, -0.05) is 0 Å². The Balaban J connectivity index is 2.53. The topological polar surface area (TPSA) is 101 Å². The van der Waals surface area contributed by atoms with Crippen molar-refractivity contribution in [3.05, 3.63) is 16.5 Å². The first kappa shape index (κ1) is 8.82. The van der Waals surface area contributed by atoms with Crippen LogP contribution in [0.15, 0.2) is 15.4 Å². The molecule has 0 fully saturated rings. The van der Waals surface area contributed by atoms with Crippen molar-refractivity contribution in [2.24, 2.45) is 11.6 Å². The fourth-order valence-electron chi connectivity index (χ4n) is 0.797. The highest BCUT2D eigenvalue weighted by Crippen LogP contribution is 2.01. The minimum atomic E-state index is -0.437. The molecular weight excluding hydrogens is 160 g/mol. The number of hydrogen-bond acceptors (Lipinski definition) is 5. The predicted octanol–water partition coefficient (Wildman–Crippen LogP) is -1.00. The van der Waals surface area contributed by atoms with Gasteiger partial charge in [-0.25, -0.2) is 15.8 Å². The second-order valence-electron chi connectivity index (χ2n) is 2.39. The lowest BCUT2D eigenvalue weighted by Gasteiger charge is -2.13. The van der Waals surface area contributed by atoms with Gasteiger partial charge < -0.3 is 10.3 Å². The van der Waals surface area contributed by atoms with Gasteiger partial charge in [0.2, 0.25) is 0 Å². The van der Waals surface area contributed by atoms with Crippen molar-refractivity contribution >= 4 is 5.82 Å². The number of nitrogens with zero attached hydrogens (tertiary/aromatic N) is 1. The zero-order chi connectivity index (χ0) is 8.97. The van der Waals surface area contributed by atoms with Gasteiger partial charge >= 0.3 is 5.63 Å². The zero-order valence-corrected chi connectivity index (χ0v) is 6.62. The molecule has 1 heterocycles. The molecule has 6 heteroatoms. The van der Waals surface area contributed by atoms with Gasteiger partial charge in [0.05, 0.1) is 6.07 Å². The maximum absolute atomic E-state index is 10.6. The van der Waals surface area contributed by atoms with Crippen molar-refractivity contribution in [2.45, 2.75) is 6.42 Å². The van der Waals surface area contributed by atoms with Crippen LogP contribution in [0, 0.1) is 0 Å². The van der Waals surface area contributed by atoms with Crippen LogP contribution in [0.25, 0.3) is 0 Å². The third kappa shape index (κ3) is 2.11. The minimum Gasteiger partial charge on any atom is -0.337 e. The number of hydrogen-bond donors (Lipinski definition) is 3. The van der Waals surface area contributed by atoms with E-state index in [-0.39, 0.29) is 0 Å². The van der Waals surface area contributed by atoms with Crippen molar-refractivity contribution < 1.29 is 4.52 Å². The molecule has 0 aliphatic rings. The van der Waals surface area contributed by atoms with E-state index in [4.69, 9.17) is 11.6 Å². The van der Waals surface area contributed by atoms with Gasteiger partial charge in [0, 0.05) is 6.54 Å². The molecule has 0 saturated carbocycles. The fraction of sp³-hybridized carbons (Fsp3) is 0.500. The van der Waals surface area contributed by atoms with Crippen LogP contribution in [-0.4, -0.2) is 18.2 Å². The Kier molecular flexibility index (Phi) is 2.89. The molecule has 0 saturated heterocycles. The van der Waals surface area contributed by atoms with Crippen LogP contribution in [0.2, 0.25) is 0 Å². The Labute approximate surface area is 69.1 Å². The number of anilines is 1. The summed E-state index contributed by atoms with van der Waals surface area (Å²) in [6.45, 7) is 1.15. The molecule has 1 aromatic heterocycles. The van der Waals surface area contributed by atoms with E-state index in [1.165, 1.54) is 11.1 Å². The second-order valence-corrected chi connectivity index (χ2v) is 2.39. The molecule has 0 aromatic carbocycles. The van der Waals surface area contributed by atoms with Gasteiger partial charge in [0.1, 0.15) is 0 Å². The number of aromatic amines is 1. The normalized spacial score (nSPS) is 10.2. The van der Waals surface area contributed by atoms with E-state index in [1.807, 2.05) is 0 Å². The third-order valence-corrected chi connectivity index (χ3v) is 1.42. The maximum Gasteiger partial charge on any atom is 0.359 e. The molecule has 5 N–H and O–H groups in total. The van der Waals surface area contributed by atoms with E-state index in [0.717, 1.165) is 6.42 Å². The Bertz CT molecular complexity index is 279. The van der Waals surface area contributed by atoms with E-state index in [0.29, 0.717) is 18.9 Å². The van der Waals surface area contributed by atoms with E-state index >= 15 is 0 Å². The van der Waals surface area contributed by atoms with Crippen molar-refractivity contribution in [3.63, 3.8) is 0 Å². The van der Waals surface area contributed by atoms with Crippen LogP contribution >= 0.6 is 0 Å². The van der Waals surface area contributed by atoms with Crippen LogP contribution in [0.1, 0.15) is 6.42 Å². The highest BCUT2D eigenvalue weighted by atomic mass is 16.5. The molecule has 0 radical (unpaired) electrons. The summed E-state index contributed by atoms with van der Waals surface area (Å²) in [5.74, 6) is 6.01. The maximum atomic E-state index is 10.6. The molecule has 0 bridgehead atoms. The molecular formula is C6H12N4O2. The molecule has 1 rings (SSSR count). The van der Waals surface area contributed by atoms with Crippen molar-refractivity contribution in [1.82, 2.24) is 5.16 Å². The van der Waals surface area contributed by atoms with Crippen LogP contribution in [-0.2, 0) is 0 Å². The van der Waals surface area contributed by atoms with Crippen LogP contribution < -0.4 is 22.2 Å². The largest absolute Gasteiger partial charge is 0.359 e. The lowest BCUT2D eigenvalue weighted by atomic mass is 10.4. The summed E-state index contributed by atoms with van der Waals surface area (Å²) in [6.07, 6.45) is 0.768. The molecule has 68 valence electrons. The summed E-state index contributed by atoms with van der Waals surface area (Å²) in [4.78, 5) is 10.6. The number of hydrazine groups is 1. The molecule has 0 amide bonds. The van der Waals surface area contributed by atoms with E-state index in [1.54, 1.807) is 0 Å². The molecule has 0 spiro atoms. The molecule has 12 heavy (non-hydrogen) atoms. The number of nitrogens with one attached hydrogen (secondary N) is 1. The summed E-state index contributed by atoms with van der Waals surface area (Å²) < 4.78 is 4.43. The second kappa shape index (κ2) is 3.93. The highest BCUT2D eigenvalue weighted by Gasteiger charge is 2.03. The van der Waals surface area contributed by atoms with Crippen LogP contribution in [0.5, 0.6) is 0 Å². The first-order chi connectivity index (χ1) is 5.74. The monoisotopic (exact) mass is 172 g/mol. The van der Waals surface area contributed by atoms with Crippen molar-refractivity contribution in [1.29, 1.82) is 0 Å². The summed E-state index contributed by atoms with van der Waals surface area (Å²) >= 11 is 0. The number of aromatic nitrogens is 1. The lowest BCUT2D eigenvalue weighted by molar-refractivity contribution is 0.391. The first-order valence-corrected chi connectivity index (χ1v) is 3.65. The van der Waals surface area contributed by atoms with Gasteiger partial charge in [-0.2, -0.15) is 0 Å². The molecule has 0 unspecified atom stereocenters. The highest BCUT2D eigenvalue weighted by molar-refractivity contribution is 5.32. The SMILES string of the molecule is NCCCN(N)c1cc(=O)o[nH]1.